The Hall–Kier alpha value is -1.29. The Labute approximate surface area is 102 Å². The predicted molar refractivity (Wildman–Crippen MR) is 63.3 cm³/mol. The Morgan fingerprint density at radius 2 is 1.76 bits per heavy atom. The largest absolute Gasteiger partial charge is 0.416 e. The number of rotatable bonds is 2. The van der Waals surface area contributed by atoms with Gasteiger partial charge in [-0.15, -0.1) is 11.3 Å². The summed E-state index contributed by atoms with van der Waals surface area (Å²) >= 11 is 1.53. The molecule has 2 aromatic rings. The average molecular weight is 256 g/mol. The van der Waals surface area contributed by atoms with E-state index in [0.717, 1.165) is 15.8 Å². The summed E-state index contributed by atoms with van der Waals surface area (Å²) in [5, 5.41) is 0. The van der Waals surface area contributed by atoms with Crippen LogP contribution in [0.5, 0.6) is 0 Å². The summed E-state index contributed by atoms with van der Waals surface area (Å²) in [5.41, 5.74) is -0.201. The Balaban J connectivity index is 2.33. The van der Waals surface area contributed by atoms with Gasteiger partial charge in [0.15, 0.2) is 0 Å². The maximum Gasteiger partial charge on any atom is 0.416 e. The van der Waals surface area contributed by atoms with Crippen LogP contribution in [-0.2, 0) is 12.6 Å². The smallest absolute Gasteiger partial charge is 0.166 e. The third-order valence-electron chi connectivity index (χ3n) is 2.48. The van der Waals surface area contributed by atoms with E-state index in [2.05, 4.69) is 0 Å². The summed E-state index contributed by atoms with van der Waals surface area (Å²) < 4.78 is 38.3. The molecular weight excluding hydrogens is 245 g/mol. The van der Waals surface area contributed by atoms with Crippen LogP contribution in [0.4, 0.5) is 13.2 Å². The zero-order chi connectivity index (χ0) is 12.5. The highest BCUT2D eigenvalue weighted by Gasteiger charge is 2.32. The highest BCUT2D eigenvalue weighted by atomic mass is 32.1. The van der Waals surface area contributed by atoms with Crippen LogP contribution in [0.1, 0.15) is 20.9 Å². The molecule has 0 unspecified atom stereocenters. The number of hydrogen-bond donors (Lipinski definition) is 0. The molecule has 0 N–H and O–H groups in total. The van der Waals surface area contributed by atoms with Crippen molar-refractivity contribution in [2.75, 3.05) is 0 Å². The number of hydrogen-bond acceptors (Lipinski definition) is 1. The van der Waals surface area contributed by atoms with E-state index in [1.54, 1.807) is 6.07 Å². The van der Waals surface area contributed by atoms with Crippen LogP contribution in [0.3, 0.4) is 0 Å². The van der Waals surface area contributed by atoms with Gasteiger partial charge in [0.05, 0.1) is 5.56 Å². The molecule has 0 nitrogen and oxygen atoms in total. The second-order valence-electron chi connectivity index (χ2n) is 3.84. The van der Waals surface area contributed by atoms with Gasteiger partial charge in [-0.05, 0) is 30.7 Å². The maximum absolute atomic E-state index is 12.8. The van der Waals surface area contributed by atoms with Crippen molar-refractivity contribution in [3.63, 3.8) is 0 Å². The Bertz CT molecular complexity index is 511. The van der Waals surface area contributed by atoms with E-state index < -0.39 is 11.7 Å². The topological polar surface area (TPSA) is 0 Å². The molecule has 0 amide bonds. The average Bonchev–Trinajstić information content (AvgIpc) is 2.63. The van der Waals surface area contributed by atoms with Gasteiger partial charge in [-0.1, -0.05) is 18.2 Å². The van der Waals surface area contributed by atoms with Gasteiger partial charge >= 0.3 is 6.18 Å². The minimum absolute atomic E-state index is 0.335. The second-order valence-corrected chi connectivity index (χ2v) is 5.22. The van der Waals surface area contributed by atoms with Crippen LogP contribution < -0.4 is 0 Å². The van der Waals surface area contributed by atoms with Crippen LogP contribution in [0.2, 0.25) is 0 Å². The highest BCUT2D eigenvalue weighted by molar-refractivity contribution is 7.11. The van der Waals surface area contributed by atoms with Gasteiger partial charge in [0.25, 0.3) is 0 Å². The molecular formula is C13H11F3S. The van der Waals surface area contributed by atoms with Crippen molar-refractivity contribution in [1.82, 2.24) is 0 Å². The van der Waals surface area contributed by atoms with Gasteiger partial charge in [-0.2, -0.15) is 13.2 Å². The Morgan fingerprint density at radius 1 is 1.06 bits per heavy atom. The van der Waals surface area contributed by atoms with Crippen molar-refractivity contribution >= 4 is 11.3 Å². The third kappa shape index (κ3) is 2.88. The lowest BCUT2D eigenvalue weighted by molar-refractivity contribution is -0.138. The SMILES string of the molecule is Cc1ccc(Cc2ccccc2C(F)(F)F)s1. The van der Waals surface area contributed by atoms with Gasteiger partial charge in [0, 0.05) is 16.2 Å². The molecule has 17 heavy (non-hydrogen) atoms. The standard InChI is InChI=1S/C13H11F3S/c1-9-6-7-11(17-9)8-10-4-2-3-5-12(10)13(14,15)16/h2-7H,8H2,1H3. The fourth-order valence-corrected chi connectivity index (χ4v) is 2.63. The highest BCUT2D eigenvalue weighted by Crippen LogP contribution is 2.33. The van der Waals surface area contributed by atoms with E-state index in [-0.39, 0.29) is 0 Å². The van der Waals surface area contributed by atoms with E-state index >= 15 is 0 Å². The lowest BCUT2D eigenvalue weighted by atomic mass is 10.0. The predicted octanol–water partition coefficient (Wildman–Crippen LogP) is 4.67. The number of aryl methyl sites for hydroxylation is 1. The summed E-state index contributed by atoms with van der Waals surface area (Å²) in [6.45, 7) is 1.95. The van der Waals surface area contributed by atoms with Crippen LogP contribution in [0, 0.1) is 6.92 Å². The van der Waals surface area contributed by atoms with Crippen LogP contribution in [0.15, 0.2) is 36.4 Å². The minimum atomic E-state index is -4.27. The molecule has 1 heterocycles. The Kier molecular flexibility index (Phi) is 3.24. The lowest BCUT2D eigenvalue weighted by Crippen LogP contribution is -2.08. The molecule has 0 radical (unpaired) electrons. The maximum atomic E-state index is 12.8. The van der Waals surface area contributed by atoms with Crippen LogP contribution >= 0.6 is 11.3 Å². The molecule has 0 aliphatic rings. The van der Waals surface area contributed by atoms with Crippen molar-refractivity contribution in [2.24, 2.45) is 0 Å². The summed E-state index contributed by atoms with van der Waals surface area (Å²) in [6.07, 6.45) is -3.93. The molecule has 90 valence electrons. The molecule has 0 aliphatic carbocycles. The van der Waals surface area contributed by atoms with Crippen molar-refractivity contribution in [3.8, 4) is 0 Å². The zero-order valence-corrected chi connectivity index (χ0v) is 10.0. The Morgan fingerprint density at radius 3 is 2.35 bits per heavy atom. The van der Waals surface area contributed by atoms with Crippen molar-refractivity contribution in [2.45, 2.75) is 19.5 Å². The van der Waals surface area contributed by atoms with E-state index in [0.29, 0.717) is 12.0 Å². The minimum Gasteiger partial charge on any atom is -0.166 e. The van der Waals surface area contributed by atoms with Gasteiger partial charge in [0.1, 0.15) is 0 Å². The van der Waals surface area contributed by atoms with E-state index in [9.17, 15) is 13.2 Å². The number of thiophene rings is 1. The summed E-state index contributed by atoms with van der Waals surface area (Å²) in [4.78, 5) is 2.07. The summed E-state index contributed by atoms with van der Waals surface area (Å²) in [6, 6.07) is 9.55. The first-order valence-corrected chi connectivity index (χ1v) is 5.99. The molecule has 0 bridgehead atoms. The normalized spacial score (nSPS) is 11.8. The third-order valence-corrected chi connectivity index (χ3v) is 3.48. The fraction of sp³-hybridized carbons (Fsp3) is 0.231. The first-order chi connectivity index (χ1) is 7.97. The van der Waals surface area contributed by atoms with Crippen LogP contribution in [0.25, 0.3) is 0 Å². The number of benzene rings is 1. The molecule has 0 spiro atoms. The lowest BCUT2D eigenvalue weighted by Gasteiger charge is -2.11. The second kappa shape index (κ2) is 4.53. The van der Waals surface area contributed by atoms with Crippen molar-refractivity contribution < 1.29 is 13.2 Å². The first kappa shape index (κ1) is 12.2. The number of alkyl halides is 3. The van der Waals surface area contributed by atoms with Gasteiger partial charge in [-0.3, -0.25) is 0 Å². The van der Waals surface area contributed by atoms with Gasteiger partial charge < -0.3 is 0 Å². The summed E-state index contributed by atoms with van der Waals surface area (Å²) in [7, 11) is 0. The van der Waals surface area contributed by atoms with Crippen molar-refractivity contribution in [1.29, 1.82) is 0 Å². The fourth-order valence-electron chi connectivity index (χ4n) is 1.72. The molecule has 0 fully saturated rings. The molecule has 4 heteroatoms. The molecule has 1 aromatic heterocycles. The number of halogens is 3. The molecule has 0 atom stereocenters. The van der Waals surface area contributed by atoms with E-state index in [1.165, 1.54) is 23.5 Å². The van der Waals surface area contributed by atoms with Crippen molar-refractivity contribution in [3.05, 3.63) is 57.3 Å². The molecule has 0 aliphatic heterocycles. The molecule has 0 saturated heterocycles. The zero-order valence-electron chi connectivity index (χ0n) is 9.21. The van der Waals surface area contributed by atoms with E-state index in [1.807, 2.05) is 19.1 Å². The first-order valence-electron chi connectivity index (χ1n) is 5.17. The molecule has 0 saturated carbocycles. The molecule has 2 rings (SSSR count). The van der Waals surface area contributed by atoms with Gasteiger partial charge in [-0.25, -0.2) is 0 Å². The summed E-state index contributed by atoms with van der Waals surface area (Å²) in [5.74, 6) is 0. The van der Waals surface area contributed by atoms with E-state index in [4.69, 9.17) is 0 Å². The monoisotopic (exact) mass is 256 g/mol. The quantitative estimate of drug-likeness (QED) is 0.732. The van der Waals surface area contributed by atoms with Crippen LogP contribution in [-0.4, -0.2) is 0 Å². The van der Waals surface area contributed by atoms with Gasteiger partial charge in [0.2, 0.25) is 0 Å². The molecule has 1 aromatic carbocycles.